The Hall–Kier alpha value is -3.48. The van der Waals surface area contributed by atoms with E-state index in [4.69, 9.17) is 16.7 Å². The summed E-state index contributed by atoms with van der Waals surface area (Å²) in [6, 6.07) is 7.75. The molecule has 2 aliphatic heterocycles. The number of fused-ring (bicyclic) bond motifs is 1. The Morgan fingerprint density at radius 1 is 1.05 bits per heavy atom. The Morgan fingerprint density at radius 2 is 1.71 bits per heavy atom. The summed E-state index contributed by atoms with van der Waals surface area (Å²) in [5, 5.41) is 12.2. The van der Waals surface area contributed by atoms with Crippen molar-refractivity contribution in [2.24, 2.45) is 18.9 Å². The first-order chi connectivity index (χ1) is 19.3. The number of carboxylic acid groups (broad SMARTS) is 1. The molecule has 0 saturated carbocycles. The van der Waals surface area contributed by atoms with Crippen molar-refractivity contribution in [1.82, 2.24) is 13.8 Å². The number of hydrogen-bond donors (Lipinski definition) is 2. The van der Waals surface area contributed by atoms with Crippen molar-refractivity contribution < 1.29 is 32.3 Å². The summed E-state index contributed by atoms with van der Waals surface area (Å²) >= 11 is 6.25. The second-order valence-corrected chi connectivity index (χ2v) is 13.1. The van der Waals surface area contributed by atoms with Crippen molar-refractivity contribution >= 4 is 56.0 Å². The number of aryl methyl sites for hydroxylation is 1. The van der Waals surface area contributed by atoms with Crippen LogP contribution >= 0.6 is 11.6 Å². The largest absolute Gasteiger partial charge is 0.478 e. The maximum absolute atomic E-state index is 15.7. The van der Waals surface area contributed by atoms with Crippen LogP contribution in [0.15, 0.2) is 42.6 Å². The highest BCUT2D eigenvalue weighted by Crippen LogP contribution is 2.38. The average molecular weight is 605 g/mol. The fourth-order valence-electron chi connectivity index (χ4n) is 5.99. The van der Waals surface area contributed by atoms with Gasteiger partial charge in [0.2, 0.25) is 15.9 Å². The van der Waals surface area contributed by atoms with E-state index in [-0.39, 0.29) is 39.9 Å². The fraction of sp³-hybridized carbons (Fsp3) is 0.393. The van der Waals surface area contributed by atoms with E-state index in [1.807, 2.05) is 0 Å². The molecule has 13 heteroatoms. The molecule has 3 aromatic rings. The molecule has 0 bridgehead atoms. The molecule has 2 atom stereocenters. The average Bonchev–Trinajstić information content (AvgIpc) is 3.50. The van der Waals surface area contributed by atoms with Crippen LogP contribution in [-0.4, -0.2) is 77.0 Å². The lowest BCUT2D eigenvalue weighted by atomic mass is 9.83. The van der Waals surface area contributed by atoms with Gasteiger partial charge in [0.15, 0.2) is 0 Å². The number of rotatable bonds is 6. The number of aromatic nitrogens is 1. The highest BCUT2D eigenvalue weighted by Gasteiger charge is 2.44. The number of benzene rings is 2. The number of anilines is 1. The zero-order chi connectivity index (χ0) is 29.6. The molecule has 3 heterocycles. The van der Waals surface area contributed by atoms with Gasteiger partial charge >= 0.3 is 5.97 Å². The molecule has 0 spiro atoms. The van der Waals surface area contributed by atoms with Crippen molar-refractivity contribution in [1.29, 1.82) is 0 Å². The molecular formula is C28H30ClFN4O6S. The predicted octanol–water partition coefficient (Wildman–Crippen LogP) is 3.81. The maximum atomic E-state index is 15.7. The first-order valence-corrected chi connectivity index (χ1v) is 15.4. The van der Waals surface area contributed by atoms with Crippen LogP contribution in [0.3, 0.4) is 0 Å². The lowest BCUT2D eigenvalue weighted by Crippen LogP contribution is -2.43. The minimum atomic E-state index is -3.31. The molecule has 0 aliphatic carbocycles. The van der Waals surface area contributed by atoms with Crippen LogP contribution < -0.4 is 5.32 Å². The van der Waals surface area contributed by atoms with Gasteiger partial charge in [-0.3, -0.25) is 9.59 Å². The van der Waals surface area contributed by atoms with Crippen LogP contribution in [0.1, 0.15) is 40.0 Å². The van der Waals surface area contributed by atoms with Gasteiger partial charge in [0, 0.05) is 38.6 Å². The van der Waals surface area contributed by atoms with Crippen molar-refractivity contribution in [3.05, 3.63) is 64.6 Å². The Balaban J connectivity index is 1.42. The van der Waals surface area contributed by atoms with E-state index in [0.717, 1.165) is 0 Å². The number of nitrogens with zero attached hydrogens (tertiary/aromatic N) is 3. The van der Waals surface area contributed by atoms with Gasteiger partial charge in [-0.1, -0.05) is 11.6 Å². The molecule has 2 N–H and O–H groups in total. The number of amides is 2. The van der Waals surface area contributed by atoms with Gasteiger partial charge in [0.25, 0.3) is 5.91 Å². The number of aromatic carboxylic acids is 1. The van der Waals surface area contributed by atoms with Crippen LogP contribution in [0.5, 0.6) is 0 Å². The number of carbonyl (C=O) groups excluding carboxylic acids is 2. The van der Waals surface area contributed by atoms with Crippen molar-refractivity contribution in [2.45, 2.75) is 25.3 Å². The van der Waals surface area contributed by atoms with Crippen LogP contribution in [0, 0.1) is 17.7 Å². The van der Waals surface area contributed by atoms with Gasteiger partial charge in [0.05, 0.1) is 33.3 Å². The van der Waals surface area contributed by atoms with Crippen molar-refractivity contribution in [2.75, 3.05) is 31.2 Å². The van der Waals surface area contributed by atoms with Crippen molar-refractivity contribution in [3.63, 3.8) is 0 Å². The van der Waals surface area contributed by atoms with Gasteiger partial charge in [-0.15, -0.1) is 0 Å². The zero-order valence-corrected chi connectivity index (χ0v) is 24.1. The number of likely N-dealkylation sites (tertiary alicyclic amines) is 1. The summed E-state index contributed by atoms with van der Waals surface area (Å²) in [5.74, 6) is -2.99. The molecule has 2 fully saturated rings. The molecule has 41 heavy (non-hydrogen) atoms. The van der Waals surface area contributed by atoms with E-state index in [9.17, 15) is 22.8 Å². The summed E-state index contributed by atoms with van der Waals surface area (Å²) < 4.78 is 42.7. The third-order valence-electron chi connectivity index (χ3n) is 8.21. The summed E-state index contributed by atoms with van der Waals surface area (Å²) in [6.07, 6.45) is 4.24. The van der Waals surface area contributed by atoms with Gasteiger partial charge < -0.3 is 19.9 Å². The number of piperidine rings is 1. The first kappa shape index (κ1) is 29.0. The number of halogens is 2. The topological polar surface area (TPSA) is 129 Å². The summed E-state index contributed by atoms with van der Waals surface area (Å²) in [5.41, 5.74) is 0.759. The molecule has 2 amide bonds. The molecule has 0 radical (unpaired) electrons. The predicted molar refractivity (Wildman–Crippen MR) is 152 cm³/mol. The molecule has 1 unspecified atom stereocenters. The number of hydrogen-bond acceptors (Lipinski definition) is 5. The Kier molecular flexibility index (Phi) is 7.84. The quantitative estimate of drug-likeness (QED) is 0.440. The second-order valence-electron chi connectivity index (χ2n) is 10.7. The fourth-order valence-corrected chi connectivity index (χ4v) is 7.19. The van der Waals surface area contributed by atoms with E-state index in [1.165, 1.54) is 45.8 Å². The van der Waals surface area contributed by atoms with E-state index in [2.05, 4.69) is 5.32 Å². The van der Waals surface area contributed by atoms with Gasteiger partial charge in [-0.05, 0) is 67.5 Å². The van der Waals surface area contributed by atoms with Crippen LogP contribution in [0.4, 0.5) is 10.1 Å². The Bertz CT molecular complexity index is 1630. The van der Waals surface area contributed by atoms with E-state index in [0.29, 0.717) is 43.6 Å². The summed E-state index contributed by atoms with van der Waals surface area (Å²) in [4.78, 5) is 39.9. The zero-order valence-electron chi connectivity index (χ0n) is 22.5. The highest BCUT2D eigenvalue weighted by molar-refractivity contribution is 7.88. The SMILES string of the molecule is Cn1cc(Cl)c2c(F)c(C(=O)N3CC(C4CCN(S(C)(=O)=O)CC4)C[C@H]3C(=O)Nc3ccc(C(=O)O)cc3)ccc21. The van der Waals surface area contributed by atoms with E-state index >= 15 is 4.39 Å². The number of nitrogens with one attached hydrogen (secondary N) is 1. The monoisotopic (exact) mass is 604 g/mol. The Labute approximate surface area is 241 Å². The van der Waals surface area contributed by atoms with E-state index < -0.39 is 39.7 Å². The molecule has 10 nitrogen and oxygen atoms in total. The van der Waals surface area contributed by atoms with E-state index in [1.54, 1.807) is 23.9 Å². The van der Waals surface area contributed by atoms with Crippen LogP contribution in [0.25, 0.3) is 10.9 Å². The molecular weight excluding hydrogens is 575 g/mol. The first-order valence-electron chi connectivity index (χ1n) is 13.2. The van der Waals surface area contributed by atoms with Gasteiger partial charge in [-0.25, -0.2) is 21.9 Å². The maximum Gasteiger partial charge on any atom is 0.335 e. The van der Waals surface area contributed by atoms with Crippen LogP contribution in [-0.2, 0) is 21.9 Å². The normalized spacial score (nSPS) is 20.4. The minimum absolute atomic E-state index is 0.0617. The summed E-state index contributed by atoms with van der Waals surface area (Å²) in [6.45, 7) is 0.926. The highest BCUT2D eigenvalue weighted by atomic mass is 35.5. The van der Waals surface area contributed by atoms with Crippen LogP contribution in [0.2, 0.25) is 5.02 Å². The molecule has 1 aromatic heterocycles. The molecule has 5 rings (SSSR count). The third-order valence-corrected chi connectivity index (χ3v) is 9.80. The second kappa shape index (κ2) is 11.1. The summed E-state index contributed by atoms with van der Waals surface area (Å²) in [7, 11) is -1.59. The van der Waals surface area contributed by atoms with Gasteiger partial charge in [0.1, 0.15) is 11.9 Å². The minimum Gasteiger partial charge on any atom is -0.478 e. The van der Waals surface area contributed by atoms with Gasteiger partial charge in [-0.2, -0.15) is 0 Å². The molecule has 2 aromatic carbocycles. The smallest absolute Gasteiger partial charge is 0.335 e. The standard InChI is InChI=1S/C28H30ClFN4O6S/c1-32-15-21(29)24-22(32)8-7-20(25(24)30)27(36)34-14-18(16-9-11-33(12-10-16)41(2,39)40)13-23(34)26(35)31-19-5-3-17(4-6-19)28(37)38/h3-8,15-16,18,23H,9-14H2,1-2H3,(H,31,35)(H,37,38)/t18?,23-/m0/s1. The Morgan fingerprint density at radius 3 is 2.32 bits per heavy atom. The van der Waals surface area contributed by atoms with Crippen molar-refractivity contribution in [3.8, 4) is 0 Å². The number of sulfonamides is 1. The molecule has 2 aliphatic rings. The number of carboxylic acids is 1. The molecule has 2 saturated heterocycles. The lowest BCUT2D eigenvalue weighted by molar-refractivity contribution is -0.119. The molecule has 218 valence electrons. The number of carbonyl (C=O) groups is 3. The lowest BCUT2D eigenvalue weighted by Gasteiger charge is -2.33. The third kappa shape index (κ3) is 5.68.